The second kappa shape index (κ2) is 9.53. The number of carbonyl (C=O) groups is 1. The van der Waals surface area contributed by atoms with Gasteiger partial charge in [0.2, 0.25) is 11.9 Å². The van der Waals surface area contributed by atoms with Crippen molar-refractivity contribution >= 4 is 45.0 Å². The molecule has 1 saturated carbocycles. The van der Waals surface area contributed by atoms with Crippen LogP contribution in [0.2, 0.25) is 0 Å². The van der Waals surface area contributed by atoms with Crippen LogP contribution in [-0.4, -0.2) is 91.2 Å². The number of thiazole rings is 1. The molecular formula is C27H32N10OS. The molecule has 2 saturated heterocycles. The van der Waals surface area contributed by atoms with Crippen LogP contribution >= 0.6 is 11.3 Å². The lowest BCUT2D eigenvalue weighted by atomic mass is 10.2. The van der Waals surface area contributed by atoms with E-state index in [1.807, 2.05) is 50.2 Å². The number of rotatable bonds is 8. The number of amides is 1. The van der Waals surface area contributed by atoms with Crippen LogP contribution in [0.3, 0.4) is 0 Å². The molecule has 4 aromatic rings. The molecular weight excluding hydrogens is 512 g/mol. The van der Waals surface area contributed by atoms with Gasteiger partial charge in [0.25, 0.3) is 0 Å². The fraction of sp³-hybridized carbons (Fsp3) is 0.481. The summed E-state index contributed by atoms with van der Waals surface area (Å²) >= 11 is 1.63. The van der Waals surface area contributed by atoms with E-state index in [1.165, 1.54) is 12.8 Å². The number of carbonyl (C=O) groups excluding carboxylic acids is 1. The number of nitrogens with one attached hydrogen (secondary N) is 1. The van der Waals surface area contributed by atoms with Gasteiger partial charge in [-0.1, -0.05) is 0 Å². The van der Waals surface area contributed by atoms with Crippen molar-refractivity contribution in [3.8, 4) is 10.6 Å². The maximum Gasteiger partial charge on any atom is 0.236 e. The number of nitrogens with zero attached hydrogens (tertiary/aromatic N) is 9. The number of likely N-dealkylation sites (N-methyl/N-ethyl adjacent to an activating group) is 1. The lowest BCUT2D eigenvalue weighted by Gasteiger charge is -2.34. The molecule has 202 valence electrons. The zero-order valence-corrected chi connectivity index (χ0v) is 23.2. The Labute approximate surface area is 230 Å². The summed E-state index contributed by atoms with van der Waals surface area (Å²) in [4.78, 5) is 37.5. The molecule has 2 atom stereocenters. The SMILES string of the molecule is Cc1cc(Nc2cc3nc(-c4cnn(CC5CC5)c4)sc3cn2)nc(N2C[C@@H]3C[C@H]2CN3CC(=O)N(C)C)n1. The largest absolute Gasteiger partial charge is 0.348 e. The number of aryl methyl sites for hydroxylation is 1. The number of anilines is 3. The smallest absolute Gasteiger partial charge is 0.236 e. The number of likely N-dealkylation sites (tertiary alicyclic amines) is 1. The van der Waals surface area contributed by atoms with E-state index < -0.39 is 0 Å². The minimum absolute atomic E-state index is 0.146. The Morgan fingerprint density at radius 2 is 1.97 bits per heavy atom. The third-order valence-electron chi connectivity index (χ3n) is 7.84. The molecule has 0 aromatic carbocycles. The van der Waals surface area contributed by atoms with E-state index in [-0.39, 0.29) is 5.91 Å². The molecule has 0 spiro atoms. The first-order valence-electron chi connectivity index (χ1n) is 13.5. The third-order valence-corrected chi connectivity index (χ3v) is 8.90. The van der Waals surface area contributed by atoms with Crippen molar-refractivity contribution in [3.63, 3.8) is 0 Å². The highest BCUT2D eigenvalue weighted by molar-refractivity contribution is 7.21. The molecule has 1 aliphatic carbocycles. The van der Waals surface area contributed by atoms with Gasteiger partial charge in [-0.25, -0.2) is 15.0 Å². The first kappa shape index (κ1) is 24.4. The molecule has 6 heterocycles. The van der Waals surface area contributed by atoms with Crippen LogP contribution in [0, 0.1) is 12.8 Å². The van der Waals surface area contributed by atoms with E-state index in [9.17, 15) is 4.79 Å². The van der Waals surface area contributed by atoms with Gasteiger partial charge >= 0.3 is 0 Å². The van der Waals surface area contributed by atoms with E-state index in [0.29, 0.717) is 30.3 Å². The minimum Gasteiger partial charge on any atom is -0.348 e. The lowest BCUT2D eigenvalue weighted by Crippen LogP contribution is -2.49. The standard InChI is InChI=1S/C27H32N10OS/c1-16-6-24(33-27(30-16)37-14-19-7-20(37)13-35(19)15-25(38)34(2)3)32-23-8-21-22(10-28-23)39-26(31-21)18-9-29-36(12-18)11-17-4-5-17/h6,8-10,12,17,19-20H,4-5,7,11,13-15H2,1-3H3,(H,28,30,32,33)/t19-,20-/m0/s1. The summed E-state index contributed by atoms with van der Waals surface area (Å²) < 4.78 is 3.07. The van der Waals surface area contributed by atoms with Crippen LogP contribution in [-0.2, 0) is 11.3 Å². The van der Waals surface area contributed by atoms with Crippen molar-refractivity contribution in [2.45, 2.75) is 44.8 Å². The second-order valence-corrected chi connectivity index (χ2v) is 12.2. The van der Waals surface area contributed by atoms with Crippen molar-refractivity contribution in [2.75, 3.05) is 43.9 Å². The van der Waals surface area contributed by atoms with Gasteiger partial charge < -0.3 is 15.1 Å². The van der Waals surface area contributed by atoms with Crippen LogP contribution < -0.4 is 10.2 Å². The summed E-state index contributed by atoms with van der Waals surface area (Å²) in [5.41, 5.74) is 2.84. The maximum absolute atomic E-state index is 12.2. The van der Waals surface area contributed by atoms with E-state index in [2.05, 4.69) is 31.4 Å². The molecule has 0 unspecified atom stereocenters. The highest BCUT2D eigenvalue weighted by Gasteiger charge is 2.44. The van der Waals surface area contributed by atoms with Crippen molar-refractivity contribution in [1.29, 1.82) is 0 Å². The summed E-state index contributed by atoms with van der Waals surface area (Å²) in [5.74, 6) is 3.07. The van der Waals surface area contributed by atoms with Gasteiger partial charge in [-0.05, 0) is 32.1 Å². The molecule has 4 aromatic heterocycles. The van der Waals surface area contributed by atoms with Crippen LogP contribution in [0.1, 0.15) is 25.0 Å². The first-order chi connectivity index (χ1) is 18.9. The van der Waals surface area contributed by atoms with Gasteiger partial charge in [-0.2, -0.15) is 10.1 Å². The quantitative estimate of drug-likeness (QED) is 0.358. The lowest BCUT2D eigenvalue weighted by molar-refractivity contribution is -0.130. The molecule has 39 heavy (non-hydrogen) atoms. The molecule has 2 aliphatic heterocycles. The molecule has 2 bridgehead atoms. The zero-order chi connectivity index (χ0) is 26.7. The fourth-order valence-electron chi connectivity index (χ4n) is 5.54. The van der Waals surface area contributed by atoms with Crippen LogP contribution in [0.15, 0.2) is 30.7 Å². The van der Waals surface area contributed by atoms with E-state index in [1.54, 1.807) is 16.2 Å². The average molecular weight is 545 g/mol. The maximum atomic E-state index is 12.2. The van der Waals surface area contributed by atoms with Crippen LogP contribution in [0.4, 0.5) is 17.6 Å². The van der Waals surface area contributed by atoms with Gasteiger partial charge in [0, 0.05) is 81.6 Å². The Balaban J connectivity index is 1.06. The highest BCUT2D eigenvalue weighted by atomic mass is 32.1. The first-order valence-corrected chi connectivity index (χ1v) is 14.3. The number of piperazine rings is 1. The molecule has 3 fully saturated rings. The van der Waals surface area contributed by atoms with Gasteiger partial charge in [-0.15, -0.1) is 11.3 Å². The normalized spacial score (nSPS) is 20.7. The molecule has 1 amide bonds. The predicted octanol–water partition coefficient (Wildman–Crippen LogP) is 3.16. The van der Waals surface area contributed by atoms with Crippen LogP contribution in [0.5, 0.6) is 0 Å². The monoisotopic (exact) mass is 544 g/mol. The molecule has 0 radical (unpaired) electrons. The van der Waals surface area contributed by atoms with Crippen molar-refractivity contribution in [3.05, 3.63) is 36.4 Å². The Hall–Kier alpha value is -3.64. The number of fused-ring (bicyclic) bond motifs is 3. The topological polar surface area (TPSA) is 108 Å². The molecule has 1 N–H and O–H groups in total. The fourth-order valence-corrected chi connectivity index (χ4v) is 6.44. The number of hydrogen-bond acceptors (Lipinski definition) is 10. The van der Waals surface area contributed by atoms with Gasteiger partial charge in [0.05, 0.1) is 23.0 Å². The predicted molar refractivity (Wildman–Crippen MR) is 151 cm³/mol. The number of aromatic nitrogens is 6. The second-order valence-electron chi connectivity index (χ2n) is 11.2. The van der Waals surface area contributed by atoms with E-state index >= 15 is 0 Å². The molecule has 3 aliphatic rings. The van der Waals surface area contributed by atoms with Crippen molar-refractivity contribution < 1.29 is 4.79 Å². The number of hydrogen-bond donors (Lipinski definition) is 1. The summed E-state index contributed by atoms with van der Waals surface area (Å²) in [6.45, 7) is 5.14. The summed E-state index contributed by atoms with van der Waals surface area (Å²) in [7, 11) is 3.62. The molecule has 12 heteroatoms. The van der Waals surface area contributed by atoms with Gasteiger partial charge in [-0.3, -0.25) is 14.4 Å². The van der Waals surface area contributed by atoms with Gasteiger partial charge in [0.1, 0.15) is 16.6 Å². The van der Waals surface area contributed by atoms with E-state index in [4.69, 9.17) is 15.0 Å². The Morgan fingerprint density at radius 3 is 2.74 bits per heavy atom. The minimum atomic E-state index is 0.146. The summed E-state index contributed by atoms with van der Waals surface area (Å²) in [6.07, 6.45) is 9.51. The Morgan fingerprint density at radius 1 is 1.10 bits per heavy atom. The van der Waals surface area contributed by atoms with E-state index in [0.717, 1.165) is 64.4 Å². The number of pyridine rings is 1. The summed E-state index contributed by atoms with van der Waals surface area (Å²) in [5, 5.41) is 8.85. The summed E-state index contributed by atoms with van der Waals surface area (Å²) in [6, 6.07) is 4.57. The van der Waals surface area contributed by atoms with Crippen molar-refractivity contribution in [2.24, 2.45) is 5.92 Å². The van der Waals surface area contributed by atoms with Crippen LogP contribution in [0.25, 0.3) is 20.8 Å². The molecule has 7 rings (SSSR count). The van der Waals surface area contributed by atoms with Crippen molar-refractivity contribution in [1.82, 2.24) is 39.5 Å². The van der Waals surface area contributed by atoms with Gasteiger partial charge in [0.15, 0.2) is 0 Å². The third kappa shape index (κ3) is 4.94. The average Bonchev–Trinajstić information content (AvgIpc) is 3.27. The Bertz CT molecular complexity index is 1540. The Kier molecular flexibility index (Phi) is 5.96. The zero-order valence-electron chi connectivity index (χ0n) is 22.4. The molecule has 11 nitrogen and oxygen atoms in total. The highest BCUT2D eigenvalue weighted by Crippen LogP contribution is 2.35.